The highest BCUT2D eigenvalue weighted by Gasteiger charge is 2.40. The molecule has 1 heterocycles. The van der Waals surface area contributed by atoms with Crippen molar-refractivity contribution in [2.24, 2.45) is 0 Å². The molecule has 1 amide bonds. The zero-order chi connectivity index (χ0) is 15.4. The molecule has 0 spiro atoms. The molecule has 0 radical (unpaired) electrons. The summed E-state index contributed by atoms with van der Waals surface area (Å²) in [5, 5.41) is -0.427. The standard InChI is InChI=1S/C15H17NO4S/c1-3-20-14(17)9-13-16(15(18)11(2)21(13)19)10-12-7-5-4-6-8-12/h4-9,11H,3,10H2,1-2H3/b13-9-/t11-,21?/m0/s1. The summed E-state index contributed by atoms with van der Waals surface area (Å²) >= 11 is 0. The van der Waals surface area contributed by atoms with Gasteiger partial charge in [0.05, 0.1) is 30.0 Å². The summed E-state index contributed by atoms with van der Waals surface area (Å²) < 4.78 is 17.1. The van der Waals surface area contributed by atoms with Crippen molar-refractivity contribution in [1.29, 1.82) is 0 Å². The van der Waals surface area contributed by atoms with Crippen LogP contribution < -0.4 is 0 Å². The minimum absolute atomic E-state index is 0.217. The normalized spacial score (nSPS) is 23.6. The van der Waals surface area contributed by atoms with Gasteiger partial charge in [0.1, 0.15) is 10.3 Å². The number of carbonyl (C=O) groups excluding carboxylic acids is 2. The van der Waals surface area contributed by atoms with Crippen molar-refractivity contribution < 1.29 is 18.5 Å². The third-order valence-electron chi connectivity index (χ3n) is 3.12. The molecule has 5 nitrogen and oxygen atoms in total. The van der Waals surface area contributed by atoms with Crippen LogP contribution in [0.2, 0.25) is 0 Å². The van der Waals surface area contributed by atoms with Crippen LogP contribution in [0, 0.1) is 0 Å². The van der Waals surface area contributed by atoms with Crippen LogP contribution in [0.1, 0.15) is 19.4 Å². The summed E-state index contributed by atoms with van der Waals surface area (Å²) in [4.78, 5) is 25.2. The molecule has 1 aromatic carbocycles. The van der Waals surface area contributed by atoms with Gasteiger partial charge in [0, 0.05) is 0 Å². The largest absolute Gasteiger partial charge is 0.463 e. The van der Waals surface area contributed by atoms with Crippen LogP contribution in [0.4, 0.5) is 0 Å². The molecule has 1 saturated heterocycles. The van der Waals surface area contributed by atoms with E-state index in [1.807, 2.05) is 30.3 Å². The quantitative estimate of drug-likeness (QED) is 0.626. The van der Waals surface area contributed by atoms with Crippen molar-refractivity contribution in [1.82, 2.24) is 4.90 Å². The Bertz CT molecular complexity index is 597. The van der Waals surface area contributed by atoms with Gasteiger partial charge in [-0.3, -0.25) is 13.9 Å². The van der Waals surface area contributed by atoms with Gasteiger partial charge >= 0.3 is 5.97 Å². The maximum Gasteiger partial charge on any atom is 0.333 e. The Labute approximate surface area is 126 Å². The van der Waals surface area contributed by atoms with Crippen molar-refractivity contribution in [3.05, 3.63) is 47.0 Å². The van der Waals surface area contributed by atoms with E-state index in [0.717, 1.165) is 11.6 Å². The van der Waals surface area contributed by atoms with Crippen LogP contribution >= 0.6 is 0 Å². The molecule has 0 N–H and O–H groups in total. The summed E-state index contributed by atoms with van der Waals surface area (Å²) in [6, 6.07) is 9.36. The van der Waals surface area contributed by atoms with Gasteiger partial charge in [-0.1, -0.05) is 30.3 Å². The summed E-state index contributed by atoms with van der Waals surface area (Å²) in [5.74, 6) is -0.825. The maximum atomic E-state index is 12.2. The molecule has 1 fully saturated rings. The van der Waals surface area contributed by atoms with E-state index in [4.69, 9.17) is 4.74 Å². The average molecular weight is 307 g/mol. The number of benzene rings is 1. The predicted octanol–water partition coefficient (Wildman–Crippen LogP) is 1.57. The van der Waals surface area contributed by atoms with E-state index in [-0.39, 0.29) is 17.5 Å². The smallest absolute Gasteiger partial charge is 0.333 e. The lowest BCUT2D eigenvalue weighted by atomic mass is 10.2. The van der Waals surface area contributed by atoms with E-state index >= 15 is 0 Å². The number of rotatable bonds is 4. The number of hydrogen-bond acceptors (Lipinski definition) is 4. The lowest BCUT2D eigenvalue weighted by Gasteiger charge is -2.16. The molecule has 0 aromatic heterocycles. The highest BCUT2D eigenvalue weighted by atomic mass is 32.2. The number of amides is 1. The van der Waals surface area contributed by atoms with Gasteiger partial charge in [0.15, 0.2) is 0 Å². The molecule has 0 bridgehead atoms. The van der Waals surface area contributed by atoms with Gasteiger partial charge in [0.2, 0.25) is 5.91 Å². The van der Waals surface area contributed by atoms with Crippen molar-refractivity contribution in [3.63, 3.8) is 0 Å². The Balaban J connectivity index is 2.29. The zero-order valence-corrected chi connectivity index (χ0v) is 12.8. The Morgan fingerprint density at radius 2 is 2.05 bits per heavy atom. The predicted molar refractivity (Wildman–Crippen MR) is 79.3 cm³/mol. The Kier molecular flexibility index (Phi) is 4.90. The highest BCUT2D eigenvalue weighted by Crippen LogP contribution is 2.27. The van der Waals surface area contributed by atoms with E-state index in [0.29, 0.717) is 6.54 Å². The SMILES string of the molecule is CCOC(=O)/C=C1/N(Cc2ccccc2)C(=O)[C@H](C)S1=O. The molecule has 112 valence electrons. The van der Waals surface area contributed by atoms with Gasteiger partial charge in [-0.15, -0.1) is 0 Å². The molecule has 0 saturated carbocycles. The second-order valence-corrected chi connectivity index (χ2v) is 6.30. The fourth-order valence-electron chi connectivity index (χ4n) is 2.05. The number of esters is 1. The molecule has 21 heavy (non-hydrogen) atoms. The molecular formula is C15H17NO4S. The van der Waals surface area contributed by atoms with E-state index in [1.165, 1.54) is 4.90 Å². The fourth-order valence-corrected chi connectivity index (χ4v) is 3.31. The molecule has 1 aliphatic rings. The minimum atomic E-state index is -1.53. The van der Waals surface area contributed by atoms with E-state index in [9.17, 15) is 13.8 Å². The molecule has 1 aliphatic heterocycles. The summed E-state index contributed by atoms with van der Waals surface area (Å²) in [7, 11) is -1.53. The van der Waals surface area contributed by atoms with E-state index in [2.05, 4.69) is 0 Å². The molecule has 2 rings (SSSR count). The number of ether oxygens (including phenoxy) is 1. The van der Waals surface area contributed by atoms with E-state index < -0.39 is 22.0 Å². The summed E-state index contributed by atoms with van der Waals surface area (Å²) in [6.07, 6.45) is 1.16. The van der Waals surface area contributed by atoms with Gasteiger partial charge < -0.3 is 4.74 Å². The summed E-state index contributed by atoms with van der Waals surface area (Å²) in [6.45, 7) is 3.82. The summed E-state index contributed by atoms with van der Waals surface area (Å²) in [5.41, 5.74) is 0.909. The third-order valence-corrected chi connectivity index (χ3v) is 4.71. The van der Waals surface area contributed by atoms with Gasteiger partial charge in [0.25, 0.3) is 0 Å². The van der Waals surface area contributed by atoms with E-state index in [1.54, 1.807) is 13.8 Å². The maximum absolute atomic E-state index is 12.2. The Morgan fingerprint density at radius 1 is 1.38 bits per heavy atom. The topological polar surface area (TPSA) is 63.7 Å². The molecule has 1 unspecified atom stereocenters. The lowest BCUT2D eigenvalue weighted by molar-refractivity contribution is -0.137. The fraction of sp³-hybridized carbons (Fsp3) is 0.333. The van der Waals surface area contributed by atoms with Crippen LogP contribution in [-0.4, -0.2) is 32.8 Å². The van der Waals surface area contributed by atoms with Crippen molar-refractivity contribution in [2.75, 3.05) is 6.61 Å². The molecular weight excluding hydrogens is 290 g/mol. The first kappa shape index (κ1) is 15.4. The van der Waals surface area contributed by atoms with Gasteiger partial charge in [-0.05, 0) is 19.4 Å². The number of nitrogens with zero attached hydrogens (tertiary/aromatic N) is 1. The number of hydrogen-bond donors (Lipinski definition) is 0. The first-order valence-corrected chi connectivity index (χ1v) is 7.90. The van der Waals surface area contributed by atoms with Crippen molar-refractivity contribution in [3.8, 4) is 0 Å². The highest BCUT2D eigenvalue weighted by molar-refractivity contribution is 7.90. The second kappa shape index (κ2) is 6.67. The van der Waals surface area contributed by atoms with Crippen LogP contribution in [0.3, 0.4) is 0 Å². The Morgan fingerprint density at radius 3 is 2.67 bits per heavy atom. The van der Waals surface area contributed by atoms with Crippen LogP contribution in [0.25, 0.3) is 0 Å². The van der Waals surface area contributed by atoms with Crippen molar-refractivity contribution >= 4 is 22.7 Å². The second-order valence-electron chi connectivity index (χ2n) is 4.58. The third kappa shape index (κ3) is 3.39. The molecule has 2 atom stereocenters. The average Bonchev–Trinajstić information content (AvgIpc) is 2.67. The molecule has 0 aliphatic carbocycles. The molecule has 1 aromatic rings. The number of carbonyl (C=O) groups is 2. The zero-order valence-electron chi connectivity index (χ0n) is 11.9. The monoisotopic (exact) mass is 307 g/mol. The Hall–Kier alpha value is -1.95. The lowest BCUT2D eigenvalue weighted by Crippen LogP contribution is -2.27. The van der Waals surface area contributed by atoms with Crippen LogP contribution in [-0.2, 0) is 31.7 Å². The van der Waals surface area contributed by atoms with Crippen LogP contribution in [0.5, 0.6) is 0 Å². The van der Waals surface area contributed by atoms with Crippen molar-refractivity contribution in [2.45, 2.75) is 25.6 Å². The minimum Gasteiger partial charge on any atom is -0.463 e. The molecule has 6 heteroatoms. The van der Waals surface area contributed by atoms with Gasteiger partial charge in [-0.25, -0.2) is 4.79 Å². The first-order chi connectivity index (χ1) is 10.0. The van der Waals surface area contributed by atoms with Gasteiger partial charge in [-0.2, -0.15) is 0 Å². The van der Waals surface area contributed by atoms with Crippen LogP contribution in [0.15, 0.2) is 41.4 Å². The first-order valence-electron chi connectivity index (χ1n) is 6.69.